The van der Waals surface area contributed by atoms with Crippen LogP contribution in [0.5, 0.6) is 5.75 Å². The molecule has 0 saturated carbocycles. The van der Waals surface area contributed by atoms with E-state index < -0.39 is 0 Å². The Labute approximate surface area is 132 Å². The maximum atomic E-state index is 5.91. The van der Waals surface area contributed by atoms with Crippen molar-refractivity contribution in [2.24, 2.45) is 0 Å². The van der Waals surface area contributed by atoms with Crippen molar-refractivity contribution in [3.63, 3.8) is 0 Å². The van der Waals surface area contributed by atoms with E-state index >= 15 is 0 Å². The number of methoxy groups -OCH3 is 1. The first-order chi connectivity index (χ1) is 9.79. The van der Waals surface area contributed by atoms with Gasteiger partial charge in [-0.2, -0.15) is 0 Å². The van der Waals surface area contributed by atoms with Gasteiger partial charge in [0.1, 0.15) is 12.4 Å². The fourth-order valence-electron chi connectivity index (χ4n) is 1.77. The molecule has 1 aromatic carbocycles. The molecule has 3 nitrogen and oxygen atoms in total. The Kier molecular flexibility index (Phi) is 6.53. The van der Waals surface area contributed by atoms with E-state index in [0.717, 1.165) is 28.9 Å². The van der Waals surface area contributed by atoms with Crippen molar-refractivity contribution in [1.29, 1.82) is 0 Å². The largest absolute Gasteiger partial charge is 0.488 e. The molecule has 0 radical (unpaired) electrons. The van der Waals surface area contributed by atoms with Crippen LogP contribution in [0.1, 0.15) is 10.4 Å². The van der Waals surface area contributed by atoms with Crippen molar-refractivity contribution in [2.45, 2.75) is 13.2 Å². The molecule has 0 aliphatic rings. The van der Waals surface area contributed by atoms with Gasteiger partial charge in [-0.1, -0.05) is 22.0 Å². The first-order valence-corrected chi connectivity index (χ1v) is 8.10. The second-order valence-electron chi connectivity index (χ2n) is 4.29. The molecule has 1 heterocycles. The molecule has 1 N–H and O–H groups in total. The Morgan fingerprint density at radius 2 is 2.20 bits per heavy atom. The van der Waals surface area contributed by atoms with Crippen LogP contribution in [0.2, 0.25) is 0 Å². The van der Waals surface area contributed by atoms with E-state index in [1.807, 2.05) is 18.2 Å². The molecule has 108 valence electrons. The van der Waals surface area contributed by atoms with Gasteiger partial charge in [0.05, 0.1) is 6.61 Å². The Morgan fingerprint density at radius 3 is 2.95 bits per heavy atom. The Morgan fingerprint density at radius 1 is 1.30 bits per heavy atom. The quantitative estimate of drug-likeness (QED) is 0.730. The summed E-state index contributed by atoms with van der Waals surface area (Å²) in [5, 5.41) is 5.40. The molecule has 0 spiro atoms. The maximum absolute atomic E-state index is 5.91. The van der Waals surface area contributed by atoms with E-state index in [4.69, 9.17) is 9.47 Å². The highest BCUT2D eigenvalue weighted by atomic mass is 79.9. The first-order valence-electron chi connectivity index (χ1n) is 6.43. The minimum absolute atomic E-state index is 0.615. The highest BCUT2D eigenvalue weighted by Gasteiger charge is 2.05. The lowest BCUT2D eigenvalue weighted by molar-refractivity contribution is 0.199. The van der Waals surface area contributed by atoms with Crippen LogP contribution in [0.25, 0.3) is 0 Å². The van der Waals surface area contributed by atoms with E-state index in [0.29, 0.717) is 13.2 Å². The van der Waals surface area contributed by atoms with Crippen molar-refractivity contribution in [1.82, 2.24) is 5.32 Å². The lowest BCUT2D eigenvalue weighted by Gasteiger charge is -2.12. The zero-order valence-corrected chi connectivity index (χ0v) is 13.8. The maximum Gasteiger partial charge on any atom is 0.124 e. The zero-order chi connectivity index (χ0) is 14.2. The summed E-state index contributed by atoms with van der Waals surface area (Å²) in [5.74, 6) is 0.923. The van der Waals surface area contributed by atoms with Gasteiger partial charge in [0.2, 0.25) is 0 Å². The molecule has 0 amide bonds. The number of hydrogen-bond acceptors (Lipinski definition) is 4. The third-order valence-corrected chi connectivity index (χ3v) is 4.11. The Hall–Kier alpha value is -0.880. The summed E-state index contributed by atoms with van der Waals surface area (Å²) < 4.78 is 12.0. The molecule has 20 heavy (non-hydrogen) atoms. The second-order valence-corrected chi connectivity index (χ2v) is 6.24. The third kappa shape index (κ3) is 4.90. The summed E-state index contributed by atoms with van der Waals surface area (Å²) in [5.41, 5.74) is 1.15. The molecule has 0 unspecified atom stereocenters. The van der Waals surface area contributed by atoms with Crippen molar-refractivity contribution in [3.8, 4) is 5.75 Å². The number of ether oxygens (including phenoxy) is 2. The topological polar surface area (TPSA) is 30.5 Å². The van der Waals surface area contributed by atoms with Gasteiger partial charge in [0, 0.05) is 35.1 Å². The SMILES string of the molecule is COCCNCc1cc(Br)ccc1OCc1cccs1. The minimum Gasteiger partial charge on any atom is -0.488 e. The average Bonchev–Trinajstić information content (AvgIpc) is 2.96. The highest BCUT2D eigenvalue weighted by Crippen LogP contribution is 2.24. The van der Waals surface area contributed by atoms with E-state index in [9.17, 15) is 0 Å². The number of halogens is 1. The van der Waals surface area contributed by atoms with Crippen molar-refractivity contribution < 1.29 is 9.47 Å². The van der Waals surface area contributed by atoms with Gasteiger partial charge in [-0.05, 0) is 29.6 Å². The van der Waals surface area contributed by atoms with Crippen LogP contribution < -0.4 is 10.1 Å². The fourth-order valence-corrected chi connectivity index (χ4v) is 2.79. The second kappa shape index (κ2) is 8.42. The molecule has 0 aliphatic carbocycles. The fraction of sp³-hybridized carbons (Fsp3) is 0.333. The number of thiophene rings is 1. The number of rotatable bonds is 8. The molecule has 2 rings (SSSR count). The van der Waals surface area contributed by atoms with Gasteiger partial charge in [0.15, 0.2) is 0 Å². The number of hydrogen-bond donors (Lipinski definition) is 1. The standard InChI is InChI=1S/C15H18BrNO2S/c1-18-7-6-17-10-12-9-13(16)4-5-15(12)19-11-14-3-2-8-20-14/h2-5,8-9,17H,6-7,10-11H2,1H3. The van der Waals surface area contributed by atoms with E-state index in [2.05, 4.69) is 38.8 Å². The lowest BCUT2D eigenvalue weighted by atomic mass is 10.2. The highest BCUT2D eigenvalue weighted by molar-refractivity contribution is 9.10. The molecule has 1 aromatic heterocycles. The van der Waals surface area contributed by atoms with Crippen LogP contribution in [-0.4, -0.2) is 20.3 Å². The normalized spacial score (nSPS) is 10.7. The Bertz CT molecular complexity index is 517. The van der Waals surface area contributed by atoms with E-state index in [1.165, 1.54) is 4.88 Å². The number of nitrogens with one attached hydrogen (secondary N) is 1. The predicted octanol–water partition coefficient (Wildman–Crippen LogP) is 3.83. The van der Waals surface area contributed by atoms with E-state index in [1.54, 1.807) is 18.4 Å². The van der Waals surface area contributed by atoms with Crippen LogP contribution in [-0.2, 0) is 17.9 Å². The third-order valence-electron chi connectivity index (χ3n) is 2.77. The summed E-state index contributed by atoms with van der Waals surface area (Å²) in [4.78, 5) is 1.23. The molecule has 2 aromatic rings. The molecular weight excluding hydrogens is 338 g/mol. The monoisotopic (exact) mass is 355 g/mol. The summed E-state index contributed by atoms with van der Waals surface area (Å²) in [6, 6.07) is 10.2. The molecule has 0 saturated heterocycles. The molecular formula is C15H18BrNO2S. The first kappa shape index (κ1) is 15.5. The lowest BCUT2D eigenvalue weighted by Crippen LogP contribution is -2.19. The van der Waals surface area contributed by atoms with Crippen LogP contribution in [0, 0.1) is 0 Å². The van der Waals surface area contributed by atoms with Crippen molar-refractivity contribution in [3.05, 3.63) is 50.6 Å². The molecule has 5 heteroatoms. The molecule has 0 fully saturated rings. The van der Waals surface area contributed by atoms with Gasteiger partial charge in [-0.3, -0.25) is 0 Å². The van der Waals surface area contributed by atoms with Crippen LogP contribution in [0.15, 0.2) is 40.2 Å². The average molecular weight is 356 g/mol. The van der Waals surface area contributed by atoms with E-state index in [-0.39, 0.29) is 0 Å². The van der Waals surface area contributed by atoms with Crippen molar-refractivity contribution >= 4 is 27.3 Å². The summed E-state index contributed by atoms with van der Waals surface area (Å²) in [6.45, 7) is 2.92. The molecule has 0 bridgehead atoms. The molecule has 0 aliphatic heterocycles. The van der Waals surface area contributed by atoms with Crippen LogP contribution >= 0.6 is 27.3 Å². The predicted molar refractivity (Wildman–Crippen MR) is 86.4 cm³/mol. The zero-order valence-electron chi connectivity index (χ0n) is 11.4. The van der Waals surface area contributed by atoms with Crippen LogP contribution in [0.4, 0.5) is 0 Å². The van der Waals surface area contributed by atoms with Gasteiger partial charge >= 0.3 is 0 Å². The molecule has 0 atom stereocenters. The van der Waals surface area contributed by atoms with Gasteiger partial charge in [0.25, 0.3) is 0 Å². The summed E-state index contributed by atoms with van der Waals surface area (Å²) in [6.07, 6.45) is 0. The Balaban J connectivity index is 1.95. The minimum atomic E-state index is 0.615. The van der Waals surface area contributed by atoms with Gasteiger partial charge < -0.3 is 14.8 Å². The number of benzene rings is 1. The summed E-state index contributed by atoms with van der Waals surface area (Å²) in [7, 11) is 1.70. The summed E-state index contributed by atoms with van der Waals surface area (Å²) >= 11 is 5.21. The van der Waals surface area contributed by atoms with Crippen molar-refractivity contribution in [2.75, 3.05) is 20.3 Å². The van der Waals surface area contributed by atoms with Gasteiger partial charge in [-0.15, -0.1) is 11.3 Å². The smallest absolute Gasteiger partial charge is 0.124 e. The van der Waals surface area contributed by atoms with Crippen LogP contribution in [0.3, 0.4) is 0 Å². The van der Waals surface area contributed by atoms with Gasteiger partial charge in [-0.25, -0.2) is 0 Å².